The molecule has 1 amide bonds. The third kappa shape index (κ3) is 4.02. The summed E-state index contributed by atoms with van der Waals surface area (Å²) < 4.78 is 0. The van der Waals surface area contributed by atoms with Gasteiger partial charge in [0.15, 0.2) is 0 Å². The molecule has 1 aliphatic rings. The number of carbonyl (C=O) groups excluding carboxylic acids is 1. The minimum absolute atomic E-state index is 0.330. The maximum Gasteiger partial charge on any atom is 0.211 e. The molecule has 1 fully saturated rings. The van der Waals surface area contributed by atoms with Crippen LogP contribution >= 0.6 is 11.6 Å². The predicted octanol–water partition coefficient (Wildman–Crippen LogP) is 3.82. The summed E-state index contributed by atoms with van der Waals surface area (Å²) in [5.41, 5.74) is 2.38. The van der Waals surface area contributed by atoms with E-state index in [0.29, 0.717) is 34.6 Å². The van der Waals surface area contributed by atoms with E-state index < -0.39 is 0 Å². The van der Waals surface area contributed by atoms with Gasteiger partial charge in [0.1, 0.15) is 10.8 Å². The summed E-state index contributed by atoms with van der Waals surface area (Å²) in [4.78, 5) is 17.4. The third-order valence-corrected chi connectivity index (χ3v) is 4.51. The largest absolute Gasteiger partial charge is 0.369 e. The molecule has 0 aromatic carbocycles. The number of hydrogen-bond donors (Lipinski definition) is 1. The Hall–Kier alpha value is -2.06. The fraction of sp³-hybridized carbons (Fsp3) is 0.471. The van der Waals surface area contributed by atoms with Crippen LogP contribution < -0.4 is 5.32 Å². The fourth-order valence-electron chi connectivity index (χ4n) is 3.11. The van der Waals surface area contributed by atoms with Crippen LogP contribution in [0.1, 0.15) is 44.7 Å². The number of nitrogens with one attached hydrogen (secondary N) is 1. The zero-order valence-electron chi connectivity index (χ0n) is 13.5. The highest BCUT2D eigenvalue weighted by Gasteiger charge is 2.25. The highest BCUT2D eigenvalue weighted by Crippen LogP contribution is 2.33. The number of rotatable bonds is 5. The minimum atomic E-state index is 0.330. The Labute approximate surface area is 142 Å². The molecule has 122 valence electrons. The molecule has 0 unspecified atom stereocenters. The van der Waals surface area contributed by atoms with Crippen LogP contribution in [-0.4, -0.2) is 29.4 Å². The van der Waals surface area contributed by atoms with Crippen LogP contribution in [0.2, 0.25) is 5.15 Å². The topological polar surface area (TPSA) is 69.0 Å². The molecule has 1 aromatic rings. The molecule has 23 heavy (non-hydrogen) atoms. The second-order valence-electron chi connectivity index (χ2n) is 5.78. The van der Waals surface area contributed by atoms with Gasteiger partial charge in [0, 0.05) is 13.1 Å². The molecule has 5 nitrogen and oxygen atoms in total. The van der Waals surface area contributed by atoms with E-state index in [1.165, 1.54) is 19.3 Å². The summed E-state index contributed by atoms with van der Waals surface area (Å²) in [6.07, 6.45) is 6.43. The van der Waals surface area contributed by atoms with E-state index in [1.54, 1.807) is 19.1 Å². The molecule has 1 heterocycles. The van der Waals surface area contributed by atoms with Crippen LogP contribution in [0.3, 0.4) is 0 Å². The molecule has 0 atom stereocenters. The summed E-state index contributed by atoms with van der Waals surface area (Å²) in [5.74, 6) is 0. The lowest BCUT2D eigenvalue weighted by Crippen LogP contribution is -2.33. The van der Waals surface area contributed by atoms with Crippen LogP contribution in [0, 0.1) is 11.3 Å². The molecule has 1 N–H and O–H groups in total. The molecular weight excluding hydrogens is 312 g/mol. The van der Waals surface area contributed by atoms with E-state index in [9.17, 15) is 10.1 Å². The van der Waals surface area contributed by atoms with Gasteiger partial charge in [-0.25, -0.2) is 4.98 Å². The van der Waals surface area contributed by atoms with Crippen molar-refractivity contribution in [3.8, 4) is 6.07 Å². The van der Waals surface area contributed by atoms with Crippen molar-refractivity contribution in [3.63, 3.8) is 0 Å². The van der Waals surface area contributed by atoms with Crippen molar-refractivity contribution in [1.29, 1.82) is 5.26 Å². The Balaban J connectivity index is 2.50. The molecule has 0 saturated heterocycles. The number of nitrogens with zero attached hydrogens (tertiary/aromatic N) is 3. The van der Waals surface area contributed by atoms with Gasteiger partial charge in [-0.15, -0.1) is 0 Å². The van der Waals surface area contributed by atoms with Crippen LogP contribution in [0.25, 0.3) is 5.70 Å². The lowest BCUT2D eigenvalue weighted by Gasteiger charge is -2.35. The van der Waals surface area contributed by atoms with Crippen LogP contribution in [0.15, 0.2) is 17.7 Å². The number of nitriles is 1. The number of allylic oxidation sites excluding steroid dienone is 1. The number of aromatic nitrogens is 1. The monoisotopic (exact) mass is 332 g/mol. The molecule has 1 aromatic heterocycles. The van der Waals surface area contributed by atoms with Crippen molar-refractivity contribution in [2.75, 3.05) is 12.4 Å². The molecule has 1 aliphatic carbocycles. The molecular formula is C17H21ClN4O. The van der Waals surface area contributed by atoms with Gasteiger partial charge in [-0.05, 0) is 31.9 Å². The molecule has 0 radical (unpaired) electrons. The summed E-state index contributed by atoms with van der Waals surface area (Å²) in [7, 11) is 1.99. The Bertz CT molecular complexity index is 644. The normalized spacial score (nSPS) is 16.3. The van der Waals surface area contributed by atoms with Gasteiger partial charge in [0.25, 0.3) is 0 Å². The van der Waals surface area contributed by atoms with Gasteiger partial charge in [-0.1, -0.05) is 30.9 Å². The van der Waals surface area contributed by atoms with Crippen LogP contribution in [0.4, 0.5) is 5.69 Å². The van der Waals surface area contributed by atoms with Crippen molar-refractivity contribution < 1.29 is 4.79 Å². The Morgan fingerprint density at radius 2 is 2.13 bits per heavy atom. The quantitative estimate of drug-likeness (QED) is 0.505. The lowest BCUT2D eigenvalue weighted by atomic mass is 9.93. The molecule has 6 heteroatoms. The Morgan fingerprint density at radius 3 is 2.74 bits per heavy atom. The first-order valence-corrected chi connectivity index (χ1v) is 8.17. The van der Waals surface area contributed by atoms with Gasteiger partial charge in [-0.3, -0.25) is 4.79 Å². The fourth-order valence-corrected chi connectivity index (χ4v) is 3.26. The van der Waals surface area contributed by atoms with Crippen molar-refractivity contribution in [2.24, 2.45) is 0 Å². The van der Waals surface area contributed by atoms with E-state index in [1.807, 2.05) is 7.05 Å². The minimum Gasteiger partial charge on any atom is -0.369 e. The van der Waals surface area contributed by atoms with Gasteiger partial charge in [0.2, 0.25) is 6.41 Å². The lowest BCUT2D eigenvalue weighted by molar-refractivity contribution is -0.105. The summed E-state index contributed by atoms with van der Waals surface area (Å²) in [6.45, 7) is 1.77. The highest BCUT2D eigenvalue weighted by molar-refractivity contribution is 6.29. The van der Waals surface area contributed by atoms with Crippen LogP contribution in [-0.2, 0) is 4.79 Å². The summed E-state index contributed by atoms with van der Waals surface area (Å²) in [6, 6.07) is 5.91. The average molecular weight is 333 g/mol. The maximum atomic E-state index is 10.9. The first-order valence-electron chi connectivity index (χ1n) is 7.79. The molecule has 2 rings (SSSR count). The van der Waals surface area contributed by atoms with E-state index in [4.69, 9.17) is 11.6 Å². The number of halogens is 1. The number of amides is 1. The zero-order chi connectivity index (χ0) is 16.8. The second-order valence-corrected chi connectivity index (χ2v) is 6.17. The van der Waals surface area contributed by atoms with Gasteiger partial charge in [0.05, 0.1) is 23.0 Å². The standard InChI is InChI=1S/C17H21ClN4O/c1-12(10-19)17(22(2)13-6-4-3-5-7-13)16-14(20-11-23)8-9-15(18)21-16/h8-9,11,13H,3-7H2,1-2H3,(H,20,23)/b17-12-. The Kier molecular flexibility index (Phi) is 6.00. The summed E-state index contributed by atoms with van der Waals surface area (Å²) in [5, 5.41) is 12.4. The van der Waals surface area contributed by atoms with E-state index >= 15 is 0 Å². The van der Waals surface area contributed by atoms with Crippen molar-refractivity contribution in [2.45, 2.75) is 45.1 Å². The average Bonchev–Trinajstić information content (AvgIpc) is 2.58. The molecule has 0 aliphatic heterocycles. The van der Waals surface area contributed by atoms with E-state index in [0.717, 1.165) is 18.5 Å². The Morgan fingerprint density at radius 1 is 1.43 bits per heavy atom. The van der Waals surface area contributed by atoms with Gasteiger partial charge < -0.3 is 10.2 Å². The smallest absolute Gasteiger partial charge is 0.211 e. The molecule has 0 bridgehead atoms. The van der Waals surface area contributed by atoms with Crippen molar-refractivity contribution in [3.05, 3.63) is 28.6 Å². The van der Waals surface area contributed by atoms with Gasteiger partial charge in [-0.2, -0.15) is 5.26 Å². The maximum absolute atomic E-state index is 10.9. The zero-order valence-corrected chi connectivity index (χ0v) is 14.2. The van der Waals surface area contributed by atoms with E-state index in [2.05, 4.69) is 21.3 Å². The number of pyridine rings is 1. The molecule has 0 spiro atoms. The first-order chi connectivity index (χ1) is 11.1. The third-order valence-electron chi connectivity index (χ3n) is 4.30. The molecule has 1 saturated carbocycles. The summed E-state index contributed by atoms with van der Waals surface area (Å²) >= 11 is 6.05. The second kappa shape index (κ2) is 7.98. The number of carbonyl (C=O) groups is 1. The van der Waals surface area contributed by atoms with Crippen LogP contribution in [0.5, 0.6) is 0 Å². The highest BCUT2D eigenvalue weighted by atomic mass is 35.5. The van der Waals surface area contributed by atoms with Crippen molar-refractivity contribution in [1.82, 2.24) is 9.88 Å². The van der Waals surface area contributed by atoms with Gasteiger partial charge >= 0.3 is 0 Å². The van der Waals surface area contributed by atoms with Crippen molar-refractivity contribution >= 4 is 29.4 Å². The first kappa shape index (κ1) is 17.3. The SMILES string of the molecule is C/C(C#N)=C(\c1nc(Cl)ccc1NC=O)N(C)C1CCCCC1. The number of hydrogen-bond acceptors (Lipinski definition) is 4. The number of anilines is 1. The van der Waals surface area contributed by atoms with E-state index in [-0.39, 0.29) is 0 Å². The predicted molar refractivity (Wildman–Crippen MR) is 91.8 cm³/mol.